The van der Waals surface area contributed by atoms with Gasteiger partial charge in [-0.25, -0.2) is 4.79 Å². The smallest absolute Gasteiger partial charge is 0.335 e. The number of hydrogen-bond acceptors (Lipinski definition) is 1. The standard InChI is InChI=1S/C30H31NO2/c1-30(2,3)25-13-9-20(10-14-25)27-8-6-7-21-17-22(11-16-28(21)27)26-15-12-23(29(32)33)18-24(26)19-31(4)5/h6-18H,19H2,1-5H3,(H,32,33)/p+1. The van der Waals surface area contributed by atoms with Crippen LogP contribution in [0.1, 0.15) is 42.3 Å². The molecule has 0 spiro atoms. The number of fused-ring (bicyclic) bond motifs is 1. The molecule has 0 radical (unpaired) electrons. The van der Waals surface area contributed by atoms with Crippen molar-refractivity contribution in [1.82, 2.24) is 0 Å². The summed E-state index contributed by atoms with van der Waals surface area (Å²) in [7, 11) is 4.16. The summed E-state index contributed by atoms with van der Waals surface area (Å²) < 4.78 is 0. The Morgan fingerprint density at radius 1 is 0.818 bits per heavy atom. The van der Waals surface area contributed by atoms with Gasteiger partial charge >= 0.3 is 5.97 Å². The van der Waals surface area contributed by atoms with Gasteiger partial charge in [0.2, 0.25) is 0 Å². The minimum Gasteiger partial charge on any atom is -0.478 e. The third kappa shape index (κ3) is 4.84. The maximum atomic E-state index is 11.5. The van der Waals surface area contributed by atoms with Crippen LogP contribution in [0.15, 0.2) is 78.9 Å². The van der Waals surface area contributed by atoms with Gasteiger partial charge in [0.05, 0.1) is 19.7 Å². The lowest BCUT2D eigenvalue weighted by atomic mass is 9.86. The first-order valence-electron chi connectivity index (χ1n) is 11.4. The molecule has 3 heteroatoms. The number of carboxylic acids is 1. The molecule has 0 aliphatic carbocycles. The molecule has 0 fully saturated rings. The van der Waals surface area contributed by atoms with Crippen LogP contribution in [0, 0.1) is 0 Å². The van der Waals surface area contributed by atoms with Gasteiger partial charge < -0.3 is 10.0 Å². The largest absolute Gasteiger partial charge is 0.478 e. The first kappa shape index (κ1) is 22.8. The molecule has 0 aromatic heterocycles. The van der Waals surface area contributed by atoms with Crippen molar-refractivity contribution in [1.29, 1.82) is 0 Å². The van der Waals surface area contributed by atoms with Crippen LogP contribution in [0.5, 0.6) is 0 Å². The third-order valence-corrected chi connectivity index (χ3v) is 6.15. The lowest BCUT2D eigenvalue weighted by molar-refractivity contribution is -0.872. The summed E-state index contributed by atoms with van der Waals surface area (Å²) in [6, 6.07) is 27.3. The van der Waals surface area contributed by atoms with Crippen molar-refractivity contribution in [3.8, 4) is 22.3 Å². The van der Waals surface area contributed by atoms with Gasteiger partial charge in [0, 0.05) is 5.56 Å². The van der Waals surface area contributed by atoms with Gasteiger partial charge in [-0.3, -0.25) is 0 Å². The van der Waals surface area contributed by atoms with E-state index in [4.69, 9.17) is 0 Å². The highest BCUT2D eigenvalue weighted by molar-refractivity contribution is 5.99. The highest BCUT2D eigenvalue weighted by Crippen LogP contribution is 2.34. The molecule has 0 aliphatic heterocycles. The SMILES string of the molecule is C[NH+](C)Cc1cc(C(=O)O)ccc1-c1ccc2c(-c3ccc(C(C)(C)C)cc3)cccc2c1. The van der Waals surface area contributed by atoms with Crippen molar-refractivity contribution in [2.24, 2.45) is 0 Å². The van der Waals surface area contributed by atoms with Gasteiger partial charge in [0.1, 0.15) is 6.54 Å². The number of rotatable bonds is 5. The Hall–Kier alpha value is -3.43. The summed E-state index contributed by atoms with van der Waals surface area (Å²) >= 11 is 0. The van der Waals surface area contributed by atoms with Crippen molar-refractivity contribution in [2.45, 2.75) is 32.7 Å². The molecule has 0 bridgehead atoms. The van der Waals surface area contributed by atoms with E-state index >= 15 is 0 Å². The maximum Gasteiger partial charge on any atom is 0.335 e. The number of carboxylic acid groups (broad SMARTS) is 1. The van der Waals surface area contributed by atoms with E-state index in [2.05, 4.69) is 95.5 Å². The summed E-state index contributed by atoms with van der Waals surface area (Å²) in [6.07, 6.45) is 0. The predicted octanol–water partition coefficient (Wildman–Crippen LogP) is 5.81. The van der Waals surface area contributed by atoms with E-state index < -0.39 is 5.97 Å². The van der Waals surface area contributed by atoms with E-state index in [0.717, 1.165) is 23.2 Å². The molecule has 0 heterocycles. The molecular weight excluding hydrogens is 406 g/mol. The molecule has 4 aromatic carbocycles. The number of nitrogens with one attached hydrogen (secondary N) is 1. The van der Waals surface area contributed by atoms with Crippen molar-refractivity contribution in [3.63, 3.8) is 0 Å². The van der Waals surface area contributed by atoms with Gasteiger partial charge in [-0.05, 0) is 62.2 Å². The molecule has 0 aliphatic rings. The number of aromatic carboxylic acids is 1. The van der Waals surface area contributed by atoms with E-state index in [1.807, 2.05) is 12.1 Å². The second kappa shape index (κ2) is 8.84. The van der Waals surface area contributed by atoms with Crippen LogP contribution in [0.4, 0.5) is 0 Å². The van der Waals surface area contributed by atoms with Crippen LogP contribution >= 0.6 is 0 Å². The average molecular weight is 439 g/mol. The molecule has 168 valence electrons. The molecule has 3 nitrogen and oxygen atoms in total. The number of carbonyl (C=O) groups is 1. The topological polar surface area (TPSA) is 41.7 Å². The van der Waals surface area contributed by atoms with E-state index in [-0.39, 0.29) is 5.41 Å². The zero-order valence-electron chi connectivity index (χ0n) is 20.1. The Morgan fingerprint density at radius 2 is 1.52 bits per heavy atom. The van der Waals surface area contributed by atoms with Gasteiger partial charge in [-0.1, -0.05) is 81.4 Å². The summed E-state index contributed by atoms with van der Waals surface area (Å²) in [4.78, 5) is 12.8. The van der Waals surface area contributed by atoms with Crippen LogP contribution in [-0.4, -0.2) is 25.2 Å². The van der Waals surface area contributed by atoms with Crippen LogP contribution in [0.3, 0.4) is 0 Å². The Balaban J connectivity index is 1.79. The van der Waals surface area contributed by atoms with Crippen LogP contribution in [-0.2, 0) is 12.0 Å². The molecule has 0 atom stereocenters. The zero-order valence-corrected chi connectivity index (χ0v) is 20.1. The Labute approximate surface area is 196 Å². The van der Waals surface area contributed by atoms with Gasteiger partial charge in [0.15, 0.2) is 0 Å². The first-order chi connectivity index (χ1) is 15.6. The minimum absolute atomic E-state index is 0.133. The summed E-state index contributed by atoms with van der Waals surface area (Å²) in [5.74, 6) is -0.891. The molecule has 0 saturated heterocycles. The van der Waals surface area contributed by atoms with E-state index in [1.165, 1.54) is 32.4 Å². The molecule has 4 aromatic rings. The molecular formula is C30H32NO2+. The summed E-state index contributed by atoms with van der Waals surface area (Å²) in [5, 5.41) is 11.8. The van der Waals surface area contributed by atoms with Crippen molar-refractivity contribution < 1.29 is 14.8 Å². The monoisotopic (exact) mass is 438 g/mol. The van der Waals surface area contributed by atoms with Crippen molar-refractivity contribution in [3.05, 3.63) is 95.6 Å². The van der Waals surface area contributed by atoms with E-state index in [9.17, 15) is 9.90 Å². The van der Waals surface area contributed by atoms with E-state index in [0.29, 0.717) is 5.56 Å². The lowest BCUT2D eigenvalue weighted by Gasteiger charge is -2.19. The quantitative estimate of drug-likeness (QED) is 0.413. The highest BCUT2D eigenvalue weighted by atomic mass is 16.4. The highest BCUT2D eigenvalue weighted by Gasteiger charge is 2.15. The zero-order chi connectivity index (χ0) is 23.8. The second-order valence-corrected chi connectivity index (χ2v) is 10.1. The summed E-state index contributed by atoms with van der Waals surface area (Å²) in [5.41, 5.74) is 7.46. The van der Waals surface area contributed by atoms with Gasteiger partial charge in [-0.2, -0.15) is 0 Å². The summed E-state index contributed by atoms with van der Waals surface area (Å²) in [6.45, 7) is 7.46. The van der Waals surface area contributed by atoms with Crippen molar-refractivity contribution >= 4 is 16.7 Å². The molecule has 0 saturated carbocycles. The maximum absolute atomic E-state index is 11.5. The van der Waals surface area contributed by atoms with Crippen LogP contribution in [0.2, 0.25) is 0 Å². The average Bonchev–Trinajstić information content (AvgIpc) is 2.77. The van der Waals surface area contributed by atoms with Crippen molar-refractivity contribution in [2.75, 3.05) is 14.1 Å². The van der Waals surface area contributed by atoms with Gasteiger partial charge in [-0.15, -0.1) is 0 Å². The fraction of sp³-hybridized carbons (Fsp3) is 0.233. The van der Waals surface area contributed by atoms with Crippen LogP contribution < -0.4 is 4.90 Å². The minimum atomic E-state index is -0.891. The molecule has 33 heavy (non-hydrogen) atoms. The van der Waals surface area contributed by atoms with Gasteiger partial charge in [0.25, 0.3) is 0 Å². The molecule has 0 amide bonds. The fourth-order valence-electron chi connectivity index (χ4n) is 4.39. The number of hydrogen-bond donors (Lipinski definition) is 2. The Kier molecular flexibility index (Phi) is 6.09. The first-order valence-corrected chi connectivity index (χ1v) is 11.4. The van der Waals surface area contributed by atoms with Crippen LogP contribution in [0.25, 0.3) is 33.0 Å². The molecule has 2 N–H and O–H groups in total. The lowest BCUT2D eigenvalue weighted by Crippen LogP contribution is -3.04. The Morgan fingerprint density at radius 3 is 2.15 bits per heavy atom. The molecule has 4 rings (SSSR count). The molecule has 0 unspecified atom stereocenters. The fourth-order valence-corrected chi connectivity index (χ4v) is 4.39. The predicted molar refractivity (Wildman–Crippen MR) is 137 cm³/mol. The second-order valence-electron chi connectivity index (χ2n) is 10.1. The third-order valence-electron chi connectivity index (χ3n) is 6.15. The Bertz CT molecular complexity index is 1310. The van der Waals surface area contributed by atoms with E-state index in [1.54, 1.807) is 6.07 Å². The number of quaternary nitrogens is 1. The number of benzene rings is 4. The normalized spacial score (nSPS) is 11.8.